The average Bonchev–Trinajstić information content (AvgIpc) is 3.42. The Balaban J connectivity index is 0.000000260. The number of benzene rings is 1. The molecule has 4 rings (SSSR count). The fourth-order valence-electron chi connectivity index (χ4n) is 3.73. The van der Waals surface area contributed by atoms with Gasteiger partial charge >= 0.3 is 6.18 Å². The Labute approximate surface area is 199 Å². The van der Waals surface area contributed by atoms with Gasteiger partial charge < -0.3 is 20.2 Å². The number of nitrogens with two attached hydrogens (primary N) is 1. The summed E-state index contributed by atoms with van der Waals surface area (Å²) in [5.74, 6) is -4.45. The molecule has 1 aliphatic heterocycles. The van der Waals surface area contributed by atoms with Gasteiger partial charge in [0.15, 0.2) is 17.2 Å². The highest BCUT2D eigenvalue weighted by Gasteiger charge is 2.61. The monoisotopic (exact) mass is 501 g/mol. The minimum atomic E-state index is -4.55. The van der Waals surface area contributed by atoms with Crippen molar-refractivity contribution in [2.24, 2.45) is 11.7 Å². The lowest BCUT2D eigenvalue weighted by molar-refractivity contribution is -0.266. The number of aromatic amines is 1. The molecule has 0 saturated carbocycles. The lowest BCUT2D eigenvalue weighted by atomic mass is 9.79. The number of amidine groups is 1. The Morgan fingerprint density at radius 2 is 1.89 bits per heavy atom. The molecule has 1 aliphatic rings. The van der Waals surface area contributed by atoms with Crippen LogP contribution in [0.1, 0.15) is 44.9 Å². The summed E-state index contributed by atoms with van der Waals surface area (Å²) in [7, 11) is 1.14. The lowest BCUT2D eigenvalue weighted by Gasteiger charge is -2.32. The standard InChI is InChI=1S/C14H15F5O2.C7H7N5.C2H6/c1-7-9(6-21-13(7,2)14(17,18)19)8-4-5-10(15)11(16)12(8)20-3;8-7(9)6-5-4(1-2-10-6)11-3-12-5;1-2/h4-5,7,9H,6H2,1-3H3;1-3H,(H3,8,9)(H,11,12);1-2H3/t7?,9?,13-;;/m1../s1. The number of fused-ring (bicyclic) bond motifs is 1. The third kappa shape index (κ3) is 5.37. The van der Waals surface area contributed by atoms with Gasteiger partial charge in [-0.2, -0.15) is 17.6 Å². The van der Waals surface area contributed by atoms with Crippen molar-refractivity contribution in [1.29, 1.82) is 5.41 Å². The van der Waals surface area contributed by atoms with Crippen LogP contribution in [-0.4, -0.2) is 46.3 Å². The van der Waals surface area contributed by atoms with E-state index in [1.807, 2.05) is 13.8 Å². The maximum atomic E-state index is 13.7. The number of nitrogen functional groups attached to an aromatic ring is 1. The van der Waals surface area contributed by atoms with Crippen LogP contribution in [0.5, 0.6) is 5.75 Å². The van der Waals surface area contributed by atoms with Crippen LogP contribution in [0.2, 0.25) is 0 Å². The third-order valence-corrected chi connectivity index (χ3v) is 5.88. The molecule has 3 heterocycles. The molecule has 2 aromatic heterocycles. The quantitative estimate of drug-likeness (QED) is 0.256. The summed E-state index contributed by atoms with van der Waals surface area (Å²) in [5.41, 5.74) is 5.07. The number of aromatic nitrogens is 3. The van der Waals surface area contributed by atoms with E-state index in [1.54, 1.807) is 18.6 Å². The van der Waals surface area contributed by atoms with Crippen LogP contribution in [0.25, 0.3) is 11.0 Å². The van der Waals surface area contributed by atoms with Gasteiger partial charge in [-0.25, -0.2) is 9.37 Å². The Bertz CT molecular complexity index is 1170. The van der Waals surface area contributed by atoms with Crippen molar-refractivity contribution < 1.29 is 31.4 Å². The summed E-state index contributed by atoms with van der Waals surface area (Å²) in [6.07, 6.45) is -1.40. The summed E-state index contributed by atoms with van der Waals surface area (Å²) < 4.78 is 76.0. The number of nitrogens with one attached hydrogen (secondary N) is 2. The van der Waals surface area contributed by atoms with Crippen LogP contribution in [-0.2, 0) is 4.74 Å². The van der Waals surface area contributed by atoms with Gasteiger partial charge in [0.05, 0.1) is 25.6 Å². The first-order valence-electron chi connectivity index (χ1n) is 10.8. The Morgan fingerprint density at radius 3 is 2.43 bits per heavy atom. The van der Waals surface area contributed by atoms with E-state index in [9.17, 15) is 22.0 Å². The number of hydrogen-bond acceptors (Lipinski definition) is 5. The van der Waals surface area contributed by atoms with E-state index in [0.29, 0.717) is 11.2 Å². The number of imidazole rings is 1. The highest BCUT2D eigenvalue weighted by molar-refractivity contribution is 6.03. The van der Waals surface area contributed by atoms with Crippen LogP contribution >= 0.6 is 0 Å². The van der Waals surface area contributed by atoms with Crippen molar-refractivity contribution in [3.8, 4) is 5.75 Å². The van der Waals surface area contributed by atoms with Crippen LogP contribution in [0.15, 0.2) is 30.7 Å². The predicted molar refractivity (Wildman–Crippen MR) is 121 cm³/mol. The van der Waals surface area contributed by atoms with Crippen molar-refractivity contribution in [3.63, 3.8) is 0 Å². The predicted octanol–water partition coefficient (Wildman–Crippen LogP) is 5.31. The van der Waals surface area contributed by atoms with Gasteiger partial charge in [-0.15, -0.1) is 0 Å². The topological polar surface area (TPSA) is 110 Å². The number of ether oxygens (including phenoxy) is 2. The summed E-state index contributed by atoms with van der Waals surface area (Å²) >= 11 is 0. The van der Waals surface area contributed by atoms with Crippen LogP contribution in [0, 0.1) is 23.0 Å². The highest BCUT2D eigenvalue weighted by Crippen LogP contribution is 2.51. The molecule has 4 N–H and O–H groups in total. The number of halogens is 5. The first-order valence-corrected chi connectivity index (χ1v) is 10.8. The van der Waals surface area contributed by atoms with Gasteiger partial charge in [0, 0.05) is 23.6 Å². The van der Waals surface area contributed by atoms with Gasteiger partial charge in [-0.3, -0.25) is 10.4 Å². The number of nitrogens with zero attached hydrogens (tertiary/aromatic N) is 2. The SMILES string of the molecule is CC.COc1c(C2CO[C@@](C)(C(F)(F)F)C2C)ccc(F)c1F.N=C(N)c1nccc2[nH]cnc12. The molecule has 12 heteroatoms. The molecule has 0 spiro atoms. The van der Waals surface area contributed by atoms with Crippen LogP contribution < -0.4 is 10.5 Å². The van der Waals surface area contributed by atoms with E-state index < -0.39 is 35.2 Å². The Hall–Kier alpha value is -3.28. The van der Waals surface area contributed by atoms with Gasteiger partial charge in [-0.1, -0.05) is 26.8 Å². The molecule has 7 nitrogen and oxygen atoms in total. The zero-order chi connectivity index (χ0) is 26.6. The van der Waals surface area contributed by atoms with E-state index in [-0.39, 0.29) is 23.8 Å². The normalized spacial score (nSPS) is 21.5. The minimum Gasteiger partial charge on any atom is -0.493 e. The maximum Gasteiger partial charge on any atom is 0.417 e. The second-order valence-corrected chi connectivity index (χ2v) is 7.67. The second kappa shape index (κ2) is 11.0. The zero-order valence-electron chi connectivity index (χ0n) is 19.9. The Morgan fingerprint density at radius 1 is 1.23 bits per heavy atom. The molecule has 35 heavy (non-hydrogen) atoms. The summed E-state index contributed by atoms with van der Waals surface area (Å²) in [6, 6.07) is 3.90. The van der Waals surface area contributed by atoms with E-state index in [1.165, 1.54) is 13.0 Å². The number of hydrogen-bond donors (Lipinski definition) is 3. The average molecular weight is 502 g/mol. The number of H-pyrrole nitrogens is 1. The first kappa shape index (κ1) is 28.0. The number of rotatable bonds is 3. The van der Waals surface area contributed by atoms with Gasteiger partial charge in [0.2, 0.25) is 5.82 Å². The number of pyridine rings is 1. The third-order valence-electron chi connectivity index (χ3n) is 5.88. The van der Waals surface area contributed by atoms with Gasteiger partial charge in [0.1, 0.15) is 17.0 Å². The molecular weight excluding hydrogens is 473 g/mol. The van der Waals surface area contributed by atoms with Crippen LogP contribution in [0.4, 0.5) is 22.0 Å². The molecular formula is C23H28F5N5O2. The summed E-state index contributed by atoms with van der Waals surface area (Å²) in [4.78, 5) is 10.9. The largest absolute Gasteiger partial charge is 0.493 e. The summed E-state index contributed by atoms with van der Waals surface area (Å²) in [5, 5.41) is 7.22. The summed E-state index contributed by atoms with van der Waals surface area (Å²) in [6.45, 7) is 6.11. The molecule has 0 amide bonds. The van der Waals surface area contributed by atoms with Crippen molar-refractivity contribution in [2.75, 3.05) is 13.7 Å². The minimum absolute atomic E-state index is 0.0623. The molecule has 1 fully saturated rings. The molecule has 3 aromatic rings. The molecule has 1 aromatic carbocycles. The van der Waals surface area contributed by atoms with Gasteiger partial charge in [-0.05, 0) is 19.1 Å². The molecule has 192 valence electrons. The van der Waals surface area contributed by atoms with E-state index in [2.05, 4.69) is 15.0 Å². The van der Waals surface area contributed by atoms with Crippen molar-refractivity contribution in [3.05, 3.63) is 53.6 Å². The smallest absolute Gasteiger partial charge is 0.417 e. The maximum absolute atomic E-state index is 13.7. The van der Waals surface area contributed by atoms with Crippen molar-refractivity contribution >= 4 is 16.9 Å². The van der Waals surface area contributed by atoms with Crippen LogP contribution in [0.3, 0.4) is 0 Å². The molecule has 3 atom stereocenters. The zero-order valence-corrected chi connectivity index (χ0v) is 19.9. The fourth-order valence-corrected chi connectivity index (χ4v) is 3.73. The molecule has 0 aliphatic carbocycles. The molecule has 0 bridgehead atoms. The van der Waals surface area contributed by atoms with Crippen molar-refractivity contribution in [1.82, 2.24) is 15.0 Å². The number of methoxy groups -OCH3 is 1. The highest BCUT2D eigenvalue weighted by atomic mass is 19.4. The molecule has 2 unspecified atom stereocenters. The van der Waals surface area contributed by atoms with Crippen molar-refractivity contribution in [2.45, 2.75) is 45.4 Å². The van der Waals surface area contributed by atoms with Gasteiger partial charge in [0.25, 0.3) is 0 Å². The number of alkyl halides is 3. The van der Waals surface area contributed by atoms with E-state index >= 15 is 0 Å². The lowest BCUT2D eigenvalue weighted by Crippen LogP contribution is -2.46. The molecule has 1 saturated heterocycles. The molecule has 0 radical (unpaired) electrons. The second-order valence-electron chi connectivity index (χ2n) is 7.67. The van der Waals surface area contributed by atoms with E-state index in [0.717, 1.165) is 25.6 Å². The fraction of sp³-hybridized carbons (Fsp3) is 0.435. The Kier molecular flexibility index (Phi) is 8.77. The van der Waals surface area contributed by atoms with E-state index in [4.69, 9.17) is 20.6 Å². The first-order chi connectivity index (χ1) is 16.4.